The summed E-state index contributed by atoms with van der Waals surface area (Å²) in [5.74, 6) is 0.263. The molecule has 0 aliphatic rings. The zero-order valence-corrected chi connectivity index (χ0v) is 11.8. The molecular weight excluding hydrogens is 309 g/mol. The molecule has 17 heavy (non-hydrogen) atoms. The van der Waals surface area contributed by atoms with Crippen LogP contribution in [-0.2, 0) is 9.53 Å². The molecule has 1 N–H and O–H groups in total. The number of benzene rings is 1. The lowest BCUT2D eigenvalue weighted by molar-refractivity contribution is -0.139. The van der Waals surface area contributed by atoms with Crippen LogP contribution in [-0.4, -0.2) is 31.6 Å². The number of hydrogen-bond donors (Lipinski definition) is 1. The van der Waals surface area contributed by atoms with E-state index in [9.17, 15) is 4.79 Å². The lowest BCUT2D eigenvalue weighted by atomic mass is 10.3. The van der Waals surface area contributed by atoms with Gasteiger partial charge in [-0.25, -0.2) is 0 Å². The van der Waals surface area contributed by atoms with Crippen molar-refractivity contribution in [3.8, 4) is 5.75 Å². The number of hydrogen-bond acceptors (Lipinski definition) is 4. The molecule has 0 saturated carbocycles. The van der Waals surface area contributed by atoms with Crippen LogP contribution >= 0.6 is 27.5 Å². The van der Waals surface area contributed by atoms with E-state index in [4.69, 9.17) is 16.3 Å². The molecule has 0 aromatic heterocycles. The molecule has 6 heteroatoms. The third kappa shape index (κ3) is 4.09. The number of carbonyl (C=O) groups is 1. The molecule has 1 unspecified atom stereocenters. The number of nitrogens with one attached hydrogen (secondary N) is 1. The number of ether oxygens (including phenoxy) is 2. The summed E-state index contributed by atoms with van der Waals surface area (Å²) in [5.41, 5.74) is 0.819. The molecule has 0 spiro atoms. The average Bonchev–Trinajstić information content (AvgIpc) is 2.36. The van der Waals surface area contributed by atoms with Gasteiger partial charge in [0.15, 0.2) is 0 Å². The highest BCUT2D eigenvalue weighted by Crippen LogP contribution is 2.27. The van der Waals surface area contributed by atoms with Crippen molar-refractivity contribution in [1.82, 2.24) is 0 Å². The minimum atomic E-state index is -0.394. The zero-order valence-electron chi connectivity index (χ0n) is 9.50. The van der Waals surface area contributed by atoms with Crippen LogP contribution in [0.1, 0.15) is 0 Å². The lowest BCUT2D eigenvalue weighted by Crippen LogP contribution is -2.24. The largest absolute Gasteiger partial charge is 0.495 e. The zero-order chi connectivity index (χ0) is 12.8. The van der Waals surface area contributed by atoms with Crippen molar-refractivity contribution < 1.29 is 14.3 Å². The number of halogens is 2. The molecule has 94 valence electrons. The highest BCUT2D eigenvalue weighted by Gasteiger charge is 2.14. The van der Waals surface area contributed by atoms with E-state index >= 15 is 0 Å². The van der Waals surface area contributed by atoms with Crippen LogP contribution in [0, 0.1) is 0 Å². The SMILES string of the molecule is COC(=O)C(Br)CNc1ccc(Cl)c(OC)c1. The van der Waals surface area contributed by atoms with Gasteiger partial charge in [-0.05, 0) is 12.1 Å². The molecule has 0 amide bonds. The van der Waals surface area contributed by atoms with Crippen molar-refractivity contribution in [3.05, 3.63) is 23.2 Å². The summed E-state index contributed by atoms with van der Waals surface area (Å²) in [4.78, 5) is 10.8. The Balaban J connectivity index is 2.60. The first-order chi connectivity index (χ1) is 8.08. The monoisotopic (exact) mass is 321 g/mol. The van der Waals surface area contributed by atoms with Crippen LogP contribution in [0.25, 0.3) is 0 Å². The van der Waals surface area contributed by atoms with Crippen molar-refractivity contribution >= 4 is 39.2 Å². The summed E-state index contributed by atoms with van der Waals surface area (Å²) < 4.78 is 9.68. The van der Waals surface area contributed by atoms with Gasteiger partial charge in [0.05, 0.1) is 19.2 Å². The Bertz CT molecular complexity index is 400. The Morgan fingerprint density at radius 2 is 2.24 bits per heavy atom. The average molecular weight is 323 g/mol. The molecule has 0 aliphatic heterocycles. The van der Waals surface area contributed by atoms with Crippen molar-refractivity contribution in [2.24, 2.45) is 0 Å². The topological polar surface area (TPSA) is 47.6 Å². The predicted molar refractivity (Wildman–Crippen MR) is 71.2 cm³/mol. The van der Waals surface area contributed by atoms with Crippen molar-refractivity contribution in [2.75, 3.05) is 26.1 Å². The number of alkyl halides is 1. The summed E-state index contributed by atoms with van der Waals surface area (Å²) in [7, 11) is 2.90. The van der Waals surface area contributed by atoms with E-state index in [0.29, 0.717) is 17.3 Å². The van der Waals surface area contributed by atoms with Crippen LogP contribution < -0.4 is 10.1 Å². The van der Waals surface area contributed by atoms with E-state index in [1.807, 2.05) is 6.07 Å². The molecule has 0 bridgehead atoms. The van der Waals surface area contributed by atoms with E-state index in [-0.39, 0.29) is 5.97 Å². The van der Waals surface area contributed by atoms with Crippen LogP contribution in [0.3, 0.4) is 0 Å². The summed E-state index contributed by atoms with van der Waals surface area (Å²) >= 11 is 9.11. The van der Waals surface area contributed by atoms with Gasteiger partial charge in [-0.2, -0.15) is 0 Å². The van der Waals surface area contributed by atoms with Crippen molar-refractivity contribution in [3.63, 3.8) is 0 Å². The fourth-order valence-electron chi connectivity index (χ4n) is 1.19. The fourth-order valence-corrected chi connectivity index (χ4v) is 1.73. The molecule has 1 aromatic carbocycles. The highest BCUT2D eigenvalue weighted by molar-refractivity contribution is 9.10. The molecule has 1 rings (SSSR count). The van der Waals surface area contributed by atoms with Crippen molar-refractivity contribution in [1.29, 1.82) is 0 Å². The second-order valence-corrected chi connectivity index (χ2v) is 4.73. The number of rotatable bonds is 5. The van der Waals surface area contributed by atoms with Gasteiger partial charge in [-0.3, -0.25) is 4.79 Å². The van der Waals surface area contributed by atoms with E-state index in [1.165, 1.54) is 7.11 Å². The molecule has 0 aliphatic carbocycles. The van der Waals surface area contributed by atoms with Gasteiger partial charge in [0.25, 0.3) is 0 Å². The van der Waals surface area contributed by atoms with Gasteiger partial charge >= 0.3 is 5.97 Å². The molecule has 1 aromatic rings. The van der Waals surface area contributed by atoms with Crippen LogP contribution in [0.2, 0.25) is 5.02 Å². The second-order valence-electron chi connectivity index (χ2n) is 3.22. The van der Waals surface area contributed by atoms with Gasteiger partial charge in [-0.15, -0.1) is 0 Å². The smallest absolute Gasteiger partial charge is 0.321 e. The number of methoxy groups -OCH3 is 2. The van der Waals surface area contributed by atoms with E-state index in [0.717, 1.165) is 5.69 Å². The molecule has 0 heterocycles. The van der Waals surface area contributed by atoms with Gasteiger partial charge in [0.1, 0.15) is 10.6 Å². The molecule has 0 fully saturated rings. The number of anilines is 1. The number of esters is 1. The maximum Gasteiger partial charge on any atom is 0.321 e. The lowest BCUT2D eigenvalue weighted by Gasteiger charge is -2.11. The first-order valence-electron chi connectivity index (χ1n) is 4.87. The van der Waals surface area contributed by atoms with Gasteiger partial charge < -0.3 is 14.8 Å². The Hall–Kier alpha value is -0.940. The third-order valence-corrected chi connectivity index (χ3v) is 3.10. The Kier molecular flexibility index (Phi) is 5.58. The summed E-state index contributed by atoms with van der Waals surface area (Å²) in [6, 6.07) is 5.30. The maximum absolute atomic E-state index is 11.2. The van der Waals surface area contributed by atoms with Crippen LogP contribution in [0.15, 0.2) is 18.2 Å². The van der Waals surface area contributed by atoms with E-state index < -0.39 is 4.83 Å². The van der Waals surface area contributed by atoms with Crippen molar-refractivity contribution in [2.45, 2.75) is 4.83 Å². The highest BCUT2D eigenvalue weighted by atomic mass is 79.9. The minimum absolute atomic E-state index is 0.321. The Morgan fingerprint density at radius 3 is 2.82 bits per heavy atom. The van der Waals surface area contributed by atoms with E-state index in [1.54, 1.807) is 19.2 Å². The normalized spacial score (nSPS) is 11.8. The third-order valence-electron chi connectivity index (χ3n) is 2.09. The van der Waals surface area contributed by atoms with Crippen LogP contribution in [0.5, 0.6) is 5.75 Å². The molecular formula is C11H13BrClNO3. The molecule has 1 atom stereocenters. The van der Waals surface area contributed by atoms with Gasteiger partial charge in [0, 0.05) is 18.3 Å². The quantitative estimate of drug-likeness (QED) is 0.669. The fraction of sp³-hybridized carbons (Fsp3) is 0.364. The Morgan fingerprint density at radius 1 is 1.53 bits per heavy atom. The van der Waals surface area contributed by atoms with Gasteiger partial charge in [0.2, 0.25) is 0 Å². The minimum Gasteiger partial charge on any atom is -0.495 e. The van der Waals surface area contributed by atoms with Crippen LogP contribution in [0.4, 0.5) is 5.69 Å². The molecule has 4 nitrogen and oxygen atoms in total. The first kappa shape index (κ1) is 14.1. The molecule has 0 radical (unpaired) electrons. The summed E-state index contributed by atoms with van der Waals surface area (Å²) in [6.07, 6.45) is 0. The Labute approximate surface area is 113 Å². The summed E-state index contributed by atoms with van der Waals surface area (Å²) in [5, 5.41) is 3.62. The molecule has 0 saturated heterocycles. The number of carbonyl (C=O) groups excluding carboxylic acids is 1. The van der Waals surface area contributed by atoms with Gasteiger partial charge in [-0.1, -0.05) is 27.5 Å². The standard InChI is InChI=1S/C11H13BrClNO3/c1-16-10-5-7(3-4-9(10)13)14-6-8(12)11(15)17-2/h3-5,8,14H,6H2,1-2H3. The summed E-state index contributed by atoms with van der Waals surface area (Å²) in [6.45, 7) is 0.414. The predicted octanol–water partition coefficient (Wildman–Crippen LogP) is 2.70. The first-order valence-corrected chi connectivity index (χ1v) is 6.17. The second kappa shape index (κ2) is 6.71. The maximum atomic E-state index is 11.2. The van der Waals surface area contributed by atoms with E-state index in [2.05, 4.69) is 26.0 Å².